The molecule has 1 aromatic carbocycles. The number of carbonyl (C=O) groups excluding carboxylic acids is 2. The maximum absolute atomic E-state index is 12.6. The van der Waals surface area contributed by atoms with Gasteiger partial charge in [-0.25, -0.2) is 4.79 Å². The molecule has 29 heavy (non-hydrogen) atoms. The van der Waals surface area contributed by atoms with Crippen molar-refractivity contribution in [3.63, 3.8) is 0 Å². The van der Waals surface area contributed by atoms with Crippen LogP contribution in [0.25, 0.3) is 0 Å². The van der Waals surface area contributed by atoms with Gasteiger partial charge in [0.05, 0.1) is 12.8 Å². The van der Waals surface area contributed by atoms with E-state index in [1.165, 1.54) is 7.11 Å². The third-order valence-corrected chi connectivity index (χ3v) is 5.64. The summed E-state index contributed by atoms with van der Waals surface area (Å²) in [4.78, 5) is 29.0. The van der Waals surface area contributed by atoms with Gasteiger partial charge in [-0.3, -0.25) is 14.4 Å². The third-order valence-electron chi connectivity index (χ3n) is 5.30. The summed E-state index contributed by atoms with van der Waals surface area (Å²) < 4.78 is 6.89. The number of hydrogen-bond donors (Lipinski definition) is 0. The lowest BCUT2D eigenvalue weighted by molar-refractivity contribution is -0.148. The number of halogens is 1. The Morgan fingerprint density at radius 3 is 2.45 bits per heavy atom. The molecular weight excluding hydrogens is 392 g/mol. The molecule has 1 aliphatic heterocycles. The molecule has 8 heteroatoms. The Kier molecular flexibility index (Phi) is 6.92. The molecule has 0 bridgehead atoms. The summed E-state index contributed by atoms with van der Waals surface area (Å²) in [6, 6.07) is 8.74. The molecule has 1 fully saturated rings. The number of carbonyl (C=O) groups is 2. The van der Waals surface area contributed by atoms with Gasteiger partial charge in [-0.2, -0.15) is 5.10 Å². The highest BCUT2D eigenvalue weighted by Gasteiger charge is 2.33. The molecule has 0 radical (unpaired) electrons. The lowest BCUT2D eigenvalue weighted by atomic mass is 10.0. The summed E-state index contributed by atoms with van der Waals surface area (Å²) >= 11 is 6.33. The van der Waals surface area contributed by atoms with Crippen LogP contribution in [-0.2, 0) is 20.9 Å². The summed E-state index contributed by atoms with van der Waals surface area (Å²) in [5, 5.41) is 4.94. The lowest BCUT2D eigenvalue weighted by Gasteiger charge is -2.38. The van der Waals surface area contributed by atoms with E-state index in [1.54, 1.807) is 6.07 Å². The Morgan fingerprint density at radius 2 is 1.86 bits per heavy atom. The quantitative estimate of drug-likeness (QED) is 0.674. The van der Waals surface area contributed by atoms with Crippen molar-refractivity contribution < 1.29 is 14.3 Å². The Morgan fingerprint density at radius 1 is 1.17 bits per heavy atom. The lowest BCUT2D eigenvalue weighted by Crippen LogP contribution is -2.51. The first-order valence-corrected chi connectivity index (χ1v) is 10.1. The normalized spacial score (nSPS) is 15.9. The number of benzene rings is 1. The molecule has 7 nitrogen and oxygen atoms in total. The molecule has 2 aromatic rings. The minimum Gasteiger partial charge on any atom is -0.468 e. The molecule has 1 aliphatic rings. The number of piperazine rings is 1. The fourth-order valence-corrected chi connectivity index (χ4v) is 4.01. The molecule has 0 N–H and O–H groups in total. The smallest absolute Gasteiger partial charge is 0.327 e. The minimum absolute atomic E-state index is 0.101. The molecule has 156 valence electrons. The molecule has 0 saturated carbocycles. The SMILES string of the molecule is COC(=O)C(c1ccccc1Cl)N1CCN(C(=O)CCn2nc(C)cc2C)CC1. The van der Waals surface area contributed by atoms with Gasteiger partial charge >= 0.3 is 5.97 Å². The zero-order valence-electron chi connectivity index (χ0n) is 17.1. The van der Waals surface area contributed by atoms with Crippen molar-refractivity contribution in [2.75, 3.05) is 33.3 Å². The second kappa shape index (κ2) is 9.41. The molecule has 1 unspecified atom stereocenters. The van der Waals surface area contributed by atoms with Crippen LogP contribution in [0, 0.1) is 13.8 Å². The van der Waals surface area contributed by atoms with Crippen molar-refractivity contribution in [2.24, 2.45) is 0 Å². The van der Waals surface area contributed by atoms with Crippen LogP contribution in [0.1, 0.15) is 29.4 Å². The highest BCUT2D eigenvalue weighted by Crippen LogP contribution is 2.29. The second-order valence-corrected chi connectivity index (χ2v) is 7.67. The third kappa shape index (κ3) is 4.97. The molecule has 3 rings (SSSR count). The second-order valence-electron chi connectivity index (χ2n) is 7.26. The number of rotatable bonds is 6. The van der Waals surface area contributed by atoms with E-state index in [-0.39, 0.29) is 11.9 Å². The Labute approximate surface area is 176 Å². The number of esters is 1. The van der Waals surface area contributed by atoms with Crippen LogP contribution >= 0.6 is 11.6 Å². The molecule has 2 heterocycles. The molecule has 1 aromatic heterocycles. The number of methoxy groups -OCH3 is 1. The van der Waals surface area contributed by atoms with Crippen LogP contribution in [0.2, 0.25) is 5.02 Å². The molecule has 0 spiro atoms. The van der Waals surface area contributed by atoms with E-state index in [9.17, 15) is 9.59 Å². The largest absolute Gasteiger partial charge is 0.468 e. The maximum atomic E-state index is 12.6. The molecule has 1 saturated heterocycles. The molecular formula is C21H27ClN4O3. The zero-order chi connectivity index (χ0) is 21.0. The van der Waals surface area contributed by atoms with Gasteiger partial charge in [-0.1, -0.05) is 29.8 Å². The number of ether oxygens (including phenoxy) is 1. The average Bonchev–Trinajstić information content (AvgIpc) is 3.05. The van der Waals surface area contributed by atoms with Gasteiger partial charge in [0.2, 0.25) is 5.91 Å². The average molecular weight is 419 g/mol. The molecule has 0 aliphatic carbocycles. The number of aromatic nitrogens is 2. The minimum atomic E-state index is -0.569. The van der Waals surface area contributed by atoms with Gasteiger partial charge in [0, 0.05) is 49.9 Å². The van der Waals surface area contributed by atoms with E-state index in [0.717, 1.165) is 17.0 Å². The maximum Gasteiger partial charge on any atom is 0.327 e. The van der Waals surface area contributed by atoms with Crippen LogP contribution in [0.5, 0.6) is 0 Å². The first kappa shape index (κ1) is 21.3. The fraction of sp³-hybridized carbons (Fsp3) is 0.476. The number of nitrogens with zero attached hydrogens (tertiary/aromatic N) is 4. The number of hydrogen-bond acceptors (Lipinski definition) is 5. The highest BCUT2D eigenvalue weighted by atomic mass is 35.5. The van der Waals surface area contributed by atoms with Gasteiger partial charge in [0.25, 0.3) is 0 Å². The van der Waals surface area contributed by atoms with Crippen molar-refractivity contribution in [3.05, 3.63) is 52.3 Å². The van der Waals surface area contributed by atoms with Gasteiger partial charge in [0.1, 0.15) is 6.04 Å². The zero-order valence-corrected chi connectivity index (χ0v) is 17.9. The van der Waals surface area contributed by atoms with Crippen molar-refractivity contribution in [2.45, 2.75) is 32.9 Å². The number of aryl methyl sites for hydroxylation is 3. The van der Waals surface area contributed by atoms with E-state index in [0.29, 0.717) is 44.2 Å². The number of amides is 1. The van der Waals surface area contributed by atoms with Crippen LogP contribution in [0.4, 0.5) is 0 Å². The molecule has 1 amide bonds. The van der Waals surface area contributed by atoms with Crippen molar-refractivity contribution in [1.82, 2.24) is 19.6 Å². The van der Waals surface area contributed by atoms with E-state index in [4.69, 9.17) is 16.3 Å². The van der Waals surface area contributed by atoms with Gasteiger partial charge < -0.3 is 9.64 Å². The van der Waals surface area contributed by atoms with Crippen molar-refractivity contribution >= 4 is 23.5 Å². The summed E-state index contributed by atoms with van der Waals surface area (Å²) in [5.74, 6) is -0.244. The molecule has 1 atom stereocenters. The van der Waals surface area contributed by atoms with Crippen LogP contribution in [-0.4, -0.2) is 64.7 Å². The summed E-state index contributed by atoms with van der Waals surface area (Å²) in [7, 11) is 1.38. The summed E-state index contributed by atoms with van der Waals surface area (Å²) in [5.41, 5.74) is 2.74. The first-order chi connectivity index (χ1) is 13.9. The Bertz CT molecular complexity index is 875. The first-order valence-electron chi connectivity index (χ1n) is 9.76. The van der Waals surface area contributed by atoms with E-state index in [2.05, 4.69) is 5.10 Å². The van der Waals surface area contributed by atoms with Gasteiger partial charge in [-0.05, 0) is 31.5 Å². The van der Waals surface area contributed by atoms with E-state index in [1.807, 2.05) is 52.6 Å². The summed E-state index contributed by atoms with van der Waals surface area (Å²) in [6.07, 6.45) is 0.410. The van der Waals surface area contributed by atoms with Crippen LogP contribution in [0.15, 0.2) is 30.3 Å². The monoisotopic (exact) mass is 418 g/mol. The highest BCUT2D eigenvalue weighted by molar-refractivity contribution is 6.31. The van der Waals surface area contributed by atoms with Gasteiger partial charge in [0.15, 0.2) is 0 Å². The summed E-state index contributed by atoms with van der Waals surface area (Å²) in [6.45, 7) is 6.80. The van der Waals surface area contributed by atoms with Crippen LogP contribution < -0.4 is 0 Å². The van der Waals surface area contributed by atoms with Crippen molar-refractivity contribution in [3.8, 4) is 0 Å². The van der Waals surface area contributed by atoms with Gasteiger partial charge in [-0.15, -0.1) is 0 Å². The predicted molar refractivity (Wildman–Crippen MR) is 111 cm³/mol. The Balaban J connectivity index is 1.60. The van der Waals surface area contributed by atoms with E-state index >= 15 is 0 Å². The van der Waals surface area contributed by atoms with Crippen molar-refractivity contribution in [1.29, 1.82) is 0 Å². The standard InChI is InChI=1S/C21H27ClN4O3/c1-15-14-16(2)26(23-15)9-8-19(27)24-10-12-25(13-11-24)20(21(28)29-3)17-6-4-5-7-18(17)22/h4-7,14,20H,8-13H2,1-3H3. The van der Waals surface area contributed by atoms with Crippen LogP contribution in [0.3, 0.4) is 0 Å². The topological polar surface area (TPSA) is 67.7 Å². The fourth-order valence-electron chi connectivity index (χ4n) is 3.77. The van der Waals surface area contributed by atoms with E-state index < -0.39 is 6.04 Å². The Hall–Kier alpha value is -2.38. The predicted octanol–water partition coefficient (Wildman–Crippen LogP) is 2.60.